The van der Waals surface area contributed by atoms with E-state index < -0.39 is 9.84 Å². The number of hydrogen-bond acceptors (Lipinski definition) is 7. The first-order chi connectivity index (χ1) is 14.7. The predicted octanol–water partition coefficient (Wildman–Crippen LogP) is 4.49. The maximum absolute atomic E-state index is 12.9. The normalized spacial score (nSPS) is 21.8. The summed E-state index contributed by atoms with van der Waals surface area (Å²) in [5.74, 6) is 0.315. The van der Waals surface area contributed by atoms with E-state index in [-0.39, 0.29) is 23.5 Å². The number of aromatic nitrogens is 1. The van der Waals surface area contributed by atoms with Crippen LogP contribution >= 0.6 is 11.3 Å². The Hall–Kier alpha value is -2.13. The van der Waals surface area contributed by atoms with E-state index in [2.05, 4.69) is 10.3 Å². The van der Waals surface area contributed by atoms with Crippen molar-refractivity contribution in [2.75, 3.05) is 5.73 Å². The van der Waals surface area contributed by atoms with Crippen molar-refractivity contribution >= 4 is 33.0 Å². The molecule has 9 heteroatoms. The molecule has 2 aliphatic carbocycles. The highest BCUT2D eigenvalue weighted by molar-refractivity contribution is 7.92. The summed E-state index contributed by atoms with van der Waals surface area (Å²) in [6.07, 6.45) is 6.31. The number of carbonyl (C=O) groups excluding carboxylic acids is 1. The Morgan fingerprint density at radius 3 is 2.55 bits per heavy atom. The lowest BCUT2D eigenvalue weighted by molar-refractivity contribution is 0.109. The van der Waals surface area contributed by atoms with Crippen LogP contribution in [-0.2, 0) is 14.6 Å². The monoisotopic (exact) mass is 463 g/mol. The van der Waals surface area contributed by atoms with Crippen molar-refractivity contribution in [2.45, 2.75) is 80.6 Å². The highest BCUT2D eigenvalue weighted by Crippen LogP contribution is 2.42. The van der Waals surface area contributed by atoms with Crippen LogP contribution in [0.5, 0.6) is 0 Å². The third-order valence-corrected chi connectivity index (χ3v) is 9.30. The molecule has 1 heterocycles. The van der Waals surface area contributed by atoms with E-state index in [1.807, 2.05) is 13.8 Å². The molecule has 7 nitrogen and oxygen atoms in total. The summed E-state index contributed by atoms with van der Waals surface area (Å²) in [4.78, 5) is 17.6. The molecule has 0 spiro atoms. The fourth-order valence-corrected chi connectivity index (χ4v) is 7.13. The summed E-state index contributed by atoms with van der Waals surface area (Å²) >= 11 is 1.56. The molecule has 1 amide bonds. The molecule has 0 atom stereocenters. The van der Waals surface area contributed by atoms with E-state index in [1.54, 1.807) is 35.7 Å². The van der Waals surface area contributed by atoms with Gasteiger partial charge in [0.2, 0.25) is 0 Å². The summed E-state index contributed by atoms with van der Waals surface area (Å²) in [5.41, 5.74) is 7.05. The molecule has 0 bridgehead atoms. The van der Waals surface area contributed by atoms with Crippen LogP contribution in [0, 0.1) is 0 Å². The topological polar surface area (TPSA) is 111 Å². The van der Waals surface area contributed by atoms with E-state index in [0.29, 0.717) is 34.9 Å². The van der Waals surface area contributed by atoms with E-state index in [4.69, 9.17) is 10.5 Å². The molecule has 2 fully saturated rings. The minimum absolute atomic E-state index is 0.120. The predicted molar refractivity (Wildman–Crippen MR) is 122 cm³/mol. The molecule has 0 aliphatic heterocycles. The summed E-state index contributed by atoms with van der Waals surface area (Å²) in [6, 6.07) is 5.24. The van der Waals surface area contributed by atoms with Gasteiger partial charge in [-0.05, 0) is 64.5 Å². The average Bonchev–Trinajstić information content (AvgIpc) is 3.47. The highest BCUT2D eigenvalue weighted by Gasteiger charge is 2.38. The number of nitrogens with one attached hydrogen (secondary N) is 1. The Labute approximate surface area is 187 Å². The van der Waals surface area contributed by atoms with E-state index >= 15 is 0 Å². The van der Waals surface area contributed by atoms with Crippen LogP contribution in [-0.4, -0.2) is 36.9 Å². The van der Waals surface area contributed by atoms with Crippen LogP contribution in [0.2, 0.25) is 0 Å². The largest absolute Gasteiger partial charge is 0.447 e. The summed E-state index contributed by atoms with van der Waals surface area (Å²) in [6.45, 7) is 3.66. The molecule has 4 rings (SSSR count). The van der Waals surface area contributed by atoms with Crippen LogP contribution in [0.15, 0.2) is 29.3 Å². The molecule has 0 saturated heterocycles. The maximum atomic E-state index is 12.9. The van der Waals surface area contributed by atoms with Gasteiger partial charge in [-0.25, -0.2) is 18.2 Å². The first-order valence-corrected chi connectivity index (χ1v) is 13.2. The van der Waals surface area contributed by atoms with E-state index in [0.717, 1.165) is 35.6 Å². The number of nitrogens with two attached hydrogens (primary N) is 1. The number of benzene rings is 1. The zero-order valence-electron chi connectivity index (χ0n) is 17.8. The number of thiazole rings is 1. The molecule has 2 saturated carbocycles. The fraction of sp³-hybridized carbons (Fsp3) is 0.545. The van der Waals surface area contributed by atoms with E-state index in [1.165, 1.54) is 0 Å². The Morgan fingerprint density at radius 1 is 1.19 bits per heavy atom. The molecule has 0 unspecified atom stereocenters. The van der Waals surface area contributed by atoms with Crippen molar-refractivity contribution in [1.82, 2.24) is 10.3 Å². The van der Waals surface area contributed by atoms with Crippen LogP contribution < -0.4 is 11.1 Å². The van der Waals surface area contributed by atoms with Gasteiger partial charge in [0.1, 0.15) is 0 Å². The van der Waals surface area contributed by atoms with Crippen molar-refractivity contribution in [2.24, 2.45) is 0 Å². The third kappa shape index (κ3) is 5.03. The fourth-order valence-electron chi connectivity index (χ4n) is 4.04. The minimum atomic E-state index is -3.36. The molecule has 168 valence electrons. The van der Waals surface area contributed by atoms with Gasteiger partial charge in [0.25, 0.3) is 0 Å². The van der Waals surface area contributed by atoms with Crippen LogP contribution in [0.1, 0.15) is 63.3 Å². The second-order valence-electron chi connectivity index (χ2n) is 8.71. The number of carbonyl (C=O) groups is 1. The number of anilines is 1. The lowest BCUT2D eigenvalue weighted by Gasteiger charge is -2.28. The third-order valence-electron chi connectivity index (χ3n) is 5.81. The second-order valence-corrected chi connectivity index (χ2v) is 12.0. The van der Waals surface area contributed by atoms with Gasteiger partial charge in [-0.15, -0.1) is 11.3 Å². The summed E-state index contributed by atoms with van der Waals surface area (Å²) in [7, 11) is -3.36. The van der Waals surface area contributed by atoms with Gasteiger partial charge >= 0.3 is 6.09 Å². The molecule has 1 aromatic heterocycles. The molecular formula is C22H29N3O4S2. The lowest BCUT2D eigenvalue weighted by Crippen LogP contribution is -2.38. The molecule has 1 aromatic carbocycles. The molecule has 31 heavy (non-hydrogen) atoms. The molecule has 2 aromatic rings. The number of rotatable bonds is 6. The van der Waals surface area contributed by atoms with Gasteiger partial charge in [-0.1, -0.05) is 6.07 Å². The maximum Gasteiger partial charge on any atom is 0.407 e. The standard InChI is InChI=1S/C22H29N3O4S2/c1-13(2)29-22(26)25-16-6-3-14(4-7-16)21-24-12-19(30-21)18-10-5-15(23)11-20(18)31(27,28)17-8-9-17/h5,10-14,16-17H,3-4,6-9,23H2,1-2H3,(H,25,26)/t14-,16-. The van der Waals surface area contributed by atoms with Crippen LogP contribution in [0.25, 0.3) is 10.4 Å². The van der Waals surface area contributed by atoms with E-state index in [9.17, 15) is 13.2 Å². The number of alkyl carbamates (subject to hydrolysis) is 1. The quantitative estimate of drug-likeness (QED) is 0.611. The Morgan fingerprint density at radius 2 is 1.90 bits per heavy atom. The zero-order valence-corrected chi connectivity index (χ0v) is 19.5. The van der Waals surface area contributed by atoms with Crippen LogP contribution in [0.4, 0.5) is 10.5 Å². The van der Waals surface area contributed by atoms with Crippen molar-refractivity contribution in [3.8, 4) is 10.4 Å². The second kappa shape index (κ2) is 8.78. The summed E-state index contributed by atoms with van der Waals surface area (Å²) in [5, 5.41) is 3.67. The Balaban J connectivity index is 1.46. The van der Waals surface area contributed by atoms with Gasteiger partial charge in [-0.3, -0.25) is 0 Å². The summed E-state index contributed by atoms with van der Waals surface area (Å²) < 4.78 is 31.0. The number of sulfone groups is 1. The molecular weight excluding hydrogens is 434 g/mol. The van der Waals surface area contributed by atoms with Gasteiger partial charge in [-0.2, -0.15) is 0 Å². The number of nitrogen functional groups attached to an aromatic ring is 1. The minimum Gasteiger partial charge on any atom is -0.447 e. The smallest absolute Gasteiger partial charge is 0.407 e. The Bertz CT molecular complexity index is 1050. The highest BCUT2D eigenvalue weighted by atomic mass is 32.2. The van der Waals surface area contributed by atoms with Crippen LogP contribution in [0.3, 0.4) is 0 Å². The first-order valence-electron chi connectivity index (χ1n) is 10.8. The number of ether oxygens (including phenoxy) is 1. The van der Waals surface area contributed by atoms with Crippen molar-refractivity contribution < 1.29 is 17.9 Å². The average molecular weight is 464 g/mol. The van der Waals surface area contributed by atoms with Gasteiger partial charge in [0.15, 0.2) is 9.84 Å². The number of nitrogens with zero attached hydrogens (tertiary/aromatic N) is 1. The molecule has 0 radical (unpaired) electrons. The Kier molecular flexibility index (Phi) is 6.25. The first kappa shape index (κ1) is 22.1. The van der Waals surface area contributed by atoms with Gasteiger partial charge in [0.05, 0.1) is 26.1 Å². The SMILES string of the molecule is CC(C)OC(=O)N[C@H]1CC[C@H](c2ncc(-c3ccc(N)cc3S(=O)(=O)C3CC3)s2)CC1. The van der Waals surface area contributed by atoms with Crippen molar-refractivity contribution in [3.05, 3.63) is 29.4 Å². The number of hydrogen-bond donors (Lipinski definition) is 2. The van der Waals surface area contributed by atoms with Gasteiger partial charge < -0.3 is 15.8 Å². The van der Waals surface area contributed by atoms with Crippen molar-refractivity contribution in [3.63, 3.8) is 0 Å². The van der Waals surface area contributed by atoms with Gasteiger partial charge in [0, 0.05) is 29.4 Å². The number of amides is 1. The lowest BCUT2D eigenvalue weighted by atomic mass is 9.86. The molecule has 3 N–H and O–H groups in total. The zero-order chi connectivity index (χ0) is 22.2. The van der Waals surface area contributed by atoms with Crippen molar-refractivity contribution in [1.29, 1.82) is 0 Å². The molecule has 2 aliphatic rings.